The van der Waals surface area contributed by atoms with Gasteiger partial charge < -0.3 is 9.64 Å². The molecule has 0 aliphatic rings. The molecule has 0 N–H and O–H groups in total. The van der Waals surface area contributed by atoms with Crippen molar-refractivity contribution in [3.8, 4) is 0 Å². The summed E-state index contributed by atoms with van der Waals surface area (Å²) in [6, 6.07) is 0. The number of ether oxygens (including phenoxy) is 1. The van der Waals surface area contributed by atoms with Crippen LogP contribution >= 0.6 is 0 Å². The second kappa shape index (κ2) is 6.85. The number of hydrogen-bond donors (Lipinski definition) is 0. The van der Waals surface area contributed by atoms with Gasteiger partial charge in [0.05, 0.1) is 6.61 Å². The quantitative estimate of drug-likeness (QED) is 0.472. The molecule has 0 rings (SSSR count). The fourth-order valence-electron chi connectivity index (χ4n) is 0.671. The van der Waals surface area contributed by atoms with Crippen LogP contribution in [0.3, 0.4) is 0 Å². The van der Waals surface area contributed by atoms with Gasteiger partial charge in [-0.25, -0.2) is 4.99 Å². The monoisotopic (exact) mass is 170 g/mol. The van der Waals surface area contributed by atoms with Gasteiger partial charge in [0.2, 0.25) is 0 Å². The highest BCUT2D eigenvalue weighted by atomic mass is 16.5. The van der Waals surface area contributed by atoms with Gasteiger partial charge in [0.15, 0.2) is 0 Å². The van der Waals surface area contributed by atoms with Crippen LogP contribution in [0.2, 0.25) is 0 Å². The minimum absolute atomic E-state index is 0.735. The van der Waals surface area contributed by atoms with Crippen molar-refractivity contribution in [3.05, 3.63) is 12.3 Å². The maximum atomic E-state index is 4.95. The number of amidine groups is 1. The fraction of sp³-hybridized carbons (Fsp3) is 0.667. The van der Waals surface area contributed by atoms with Crippen LogP contribution in [-0.4, -0.2) is 38.0 Å². The van der Waals surface area contributed by atoms with Crippen LogP contribution in [0.5, 0.6) is 0 Å². The third kappa shape index (κ3) is 4.91. The van der Waals surface area contributed by atoms with Gasteiger partial charge in [-0.2, -0.15) is 0 Å². The largest absolute Gasteiger partial charge is 0.383 e. The van der Waals surface area contributed by atoms with Gasteiger partial charge >= 0.3 is 0 Å². The van der Waals surface area contributed by atoms with Gasteiger partial charge in [-0.05, 0) is 13.8 Å². The first kappa shape index (κ1) is 11.2. The van der Waals surface area contributed by atoms with Crippen LogP contribution in [0.4, 0.5) is 0 Å². The molecule has 0 aromatic heterocycles. The molecule has 0 radical (unpaired) electrons. The Hall–Kier alpha value is -0.830. The molecule has 0 amide bonds. The van der Waals surface area contributed by atoms with E-state index in [9.17, 15) is 0 Å². The average molecular weight is 170 g/mol. The molecular formula is C9H18N2O. The summed E-state index contributed by atoms with van der Waals surface area (Å²) >= 11 is 0. The van der Waals surface area contributed by atoms with E-state index in [4.69, 9.17) is 4.74 Å². The third-order valence-electron chi connectivity index (χ3n) is 1.59. The highest BCUT2D eigenvalue weighted by molar-refractivity contribution is 5.79. The third-order valence-corrected chi connectivity index (χ3v) is 1.59. The van der Waals surface area contributed by atoms with Gasteiger partial charge in [-0.1, -0.05) is 6.08 Å². The van der Waals surface area contributed by atoms with E-state index in [1.165, 1.54) is 0 Å². The minimum atomic E-state index is 0.735. The molecule has 70 valence electrons. The number of nitrogens with zero attached hydrogens (tertiary/aromatic N) is 2. The molecule has 0 aliphatic carbocycles. The Morgan fingerprint density at radius 1 is 1.58 bits per heavy atom. The highest BCUT2D eigenvalue weighted by Gasteiger charge is 1.97. The second-order valence-electron chi connectivity index (χ2n) is 2.57. The maximum absolute atomic E-state index is 4.95. The molecule has 0 aliphatic heterocycles. The Morgan fingerprint density at radius 3 is 2.75 bits per heavy atom. The molecule has 12 heavy (non-hydrogen) atoms. The number of allylic oxidation sites excluding steroid dienone is 1. The van der Waals surface area contributed by atoms with E-state index in [1.54, 1.807) is 13.3 Å². The van der Waals surface area contributed by atoms with Crippen LogP contribution in [0.1, 0.15) is 13.8 Å². The molecule has 0 aromatic carbocycles. The van der Waals surface area contributed by atoms with E-state index in [1.807, 2.05) is 27.0 Å². The molecule has 0 bridgehead atoms. The molecule has 0 fully saturated rings. The molecule has 0 aromatic rings. The van der Waals surface area contributed by atoms with E-state index in [0.717, 1.165) is 19.0 Å². The van der Waals surface area contributed by atoms with Crippen molar-refractivity contribution in [3.63, 3.8) is 0 Å². The molecule has 0 saturated heterocycles. The predicted molar refractivity (Wildman–Crippen MR) is 52.4 cm³/mol. The zero-order valence-electron chi connectivity index (χ0n) is 8.37. The standard InChI is InChI=1S/C9H18N2O/c1-5-6-10-9(2)11(3)7-8-12-4/h5-6H,7-8H2,1-4H3. The van der Waals surface area contributed by atoms with Gasteiger partial charge in [0, 0.05) is 26.9 Å². The SMILES string of the molecule is CC=CN=C(C)N(C)CCOC. The van der Waals surface area contributed by atoms with Crippen LogP contribution in [-0.2, 0) is 4.74 Å². The number of methoxy groups -OCH3 is 1. The molecule has 3 nitrogen and oxygen atoms in total. The molecule has 0 heterocycles. The summed E-state index contributed by atoms with van der Waals surface area (Å²) in [5.74, 6) is 1.00. The van der Waals surface area contributed by atoms with Crippen LogP contribution in [0.15, 0.2) is 17.3 Å². The van der Waals surface area contributed by atoms with E-state index < -0.39 is 0 Å². The summed E-state index contributed by atoms with van der Waals surface area (Å²) < 4.78 is 4.95. The summed E-state index contributed by atoms with van der Waals surface area (Å²) in [6.07, 6.45) is 3.70. The van der Waals surface area contributed by atoms with Crippen molar-refractivity contribution < 1.29 is 4.74 Å². The van der Waals surface area contributed by atoms with Crippen LogP contribution in [0.25, 0.3) is 0 Å². The Bertz CT molecular complexity index is 164. The predicted octanol–water partition coefficient (Wildman–Crippen LogP) is 1.52. The Morgan fingerprint density at radius 2 is 2.25 bits per heavy atom. The first-order chi connectivity index (χ1) is 5.72. The summed E-state index contributed by atoms with van der Waals surface area (Å²) in [7, 11) is 3.70. The van der Waals surface area contributed by atoms with Gasteiger partial charge in [-0.3, -0.25) is 0 Å². The molecule has 0 unspecified atom stereocenters. The van der Waals surface area contributed by atoms with Crippen molar-refractivity contribution in [2.45, 2.75) is 13.8 Å². The van der Waals surface area contributed by atoms with Crippen LogP contribution in [0, 0.1) is 0 Å². The average Bonchev–Trinajstić information content (AvgIpc) is 2.10. The lowest BCUT2D eigenvalue weighted by molar-refractivity contribution is 0.182. The lowest BCUT2D eigenvalue weighted by Gasteiger charge is -2.17. The smallest absolute Gasteiger partial charge is 0.101 e. The van der Waals surface area contributed by atoms with Crippen molar-refractivity contribution in [2.24, 2.45) is 4.99 Å². The summed E-state index contributed by atoms with van der Waals surface area (Å²) in [5.41, 5.74) is 0. The molecule has 0 spiro atoms. The minimum Gasteiger partial charge on any atom is -0.383 e. The second-order valence-corrected chi connectivity index (χ2v) is 2.57. The van der Waals surface area contributed by atoms with E-state index in [2.05, 4.69) is 9.89 Å². The van der Waals surface area contributed by atoms with E-state index >= 15 is 0 Å². The zero-order valence-corrected chi connectivity index (χ0v) is 8.37. The van der Waals surface area contributed by atoms with Crippen molar-refractivity contribution in [2.75, 3.05) is 27.3 Å². The highest BCUT2D eigenvalue weighted by Crippen LogP contribution is 1.88. The first-order valence-corrected chi connectivity index (χ1v) is 4.08. The Kier molecular flexibility index (Phi) is 6.38. The summed E-state index contributed by atoms with van der Waals surface area (Å²) in [4.78, 5) is 6.26. The normalized spacial score (nSPS) is 12.5. The number of likely N-dealkylation sites (N-methyl/N-ethyl adjacent to an activating group) is 1. The zero-order chi connectivity index (χ0) is 9.40. The topological polar surface area (TPSA) is 24.8 Å². The van der Waals surface area contributed by atoms with Crippen LogP contribution < -0.4 is 0 Å². The first-order valence-electron chi connectivity index (χ1n) is 4.08. The number of hydrogen-bond acceptors (Lipinski definition) is 2. The number of rotatable bonds is 4. The molecule has 0 saturated carbocycles. The fourth-order valence-corrected chi connectivity index (χ4v) is 0.671. The lowest BCUT2D eigenvalue weighted by atomic mass is 10.5. The van der Waals surface area contributed by atoms with Crippen molar-refractivity contribution in [1.82, 2.24) is 4.90 Å². The Balaban J connectivity index is 3.82. The van der Waals surface area contributed by atoms with Crippen molar-refractivity contribution in [1.29, 1.82) is 0 Å². The van der Waals surface area contributed by atoms with Crippen molar-refractivity contribution >= 4 is 5.84 Å². The molecule has 3 heteroatoms. The van der Waals surface area contributed by atoms with E-state index in [-0.39, 0.29) is 0 Å². The van der Waals surface area contributed by atoms with Gasteiger partial charge in [-0.15, -0.1) is 0 Å². The lowest BCUT2D eigenvalue weighted by Crippen LogP contribution is -2.27. The summed E-state index contributed by atoms with van der Waals surface area (Å²) in [6.45, 7) is 5.55. The van der Waals surface area contributed by atoms with E-state index in [0.29, 0.717) is 0 Å². The number of aliphatic imine (C=N–C) groups is 1. The molecular weight excluding hydrogens is 152 g/mol. The summed E-state index contributed by atoms with van der Waals surface area (Å²) in [5, 5.41) is 0. The molecule has 0 atom stereocenters. The maximum Gasteiger partial charge on any atom is 0.101 e. The Labute approximate surface area is 74.7 Å². The van der Waals surface area contributed by atoms with Gasteiger partial charge in [0.25, 0.3) is 0 Å². The van der Waals surface area contributed by atoms with Gasteiger partial charge in [0.1, 0.15) is 5.84 Å².